The fraction of sp³-hybridized carbons (Fsp3) is 0.286. The molecule has 0 unspecified atom stereocenters. The van der Waals surface area contributed by atoms with Crippen LogP contribution in [0.1, 0.15) is 19.7 Å². The number of anilines is 1. The highest BCUT2D eigenvalue weighted by Gasteiger charge is 2.10. The van der Waals surface area contributed by atoms with Crippen molar-refractivity contribution in [2.45, 2.75) is 20.3 Å². The standard InChI is InChI=1S/C14H14BrCl2N3O/c1-3-12-19-13(18-4-2)7-14(20-12)21-11-6-9(16)8(15)5-10(11)17/h5-7H,3-4H2,1-2H3,(H,18,19,20). The molecule has 0 spiro atoms. The first-order valence-electron chi connectivity index (χ1n) is 6.47. The van der Waals surface area contributed by atoms with E-state index in [0.29, 0.717) is 38.4 Å². The summed E-state index contributed by atoms with van der Waals surface area (Å²) < 4.78 is 6.46. The Morgan fingerprint density at radius 1 is 1.14 bits per heavy atom. The second kappa shape index (κ2) is 7.29. The topological polar surface area (TPSA) is 47.0 Å². The molecule has 2 rings (SSSR count). The van der Waals surface area contributed by atoms with Crippen LogP contribution >= 0.6 is 39.1 Å². The zero-order valence-corrected chi connectivity index (χ0v) is 14.7. The van der Waals surface area contributed by atoms with Crippen LogP contribution in [0, 0.1) is 0 Å². The maximum absolute atomic E-state index is 6.15. The summed E-state index contributed by atoms with van der Waals surface area (Å²) in [7, 11) is 0. The summed E-state index contributed by atoms with van der Waals surface area (Å²) in [5.41, 5.74) is 0. The summed E-state index contributed by atoms with van der Waals surface area (Å²) in [4.78, 5) is 8.70. The molecular formula is C14H14BrCl2N3O. The molecule has 0 atom stereocenters. The van der Waals surface area contributed by atoms with E-state index in [2.05, 4.69) is 31.2 Å². The molecule has 7 heteroatoms. The van der Waals surface area contributed by atoms with Crippen molar-refractivity contribution in [3.8, 4) is 11.6 Å². The number of halogens is 3. The first kappa shape index (κ1) is 16.3. The third-order valence-corrected chi connectivity index (χ3v) is 4.10. The highest BCUT2D eigenvalue weighted by atomic mass is 79.9. The first-order chi connectivity index (χ1) is 10.0. The fourth-order valence-electron chi connectivity index (χ4n) is 1.65. The van der Waals surface area contributed by atoms with E-state index in [0.717, 1.165) is 12.4 Å². The summed E-state index contributed by atoms with van der Waals surface area (Å²) in [6.07, 6.45) is 0.713. The number of ether oxygens (including phenoxy) is 1. The summed E-state index contributed by atoms with van der Waals surface area (Å²) in [5.74, 6) is 2.30. The molecule has 0 bridgehead atoms. The number of hydrogen-bond acceptors (Lipinski definition) is 4. The van der Waals surface area contributed by atoms with Crippen molar-refractivity contribution in [1.29, 1.82) is 0 Å². The van der Waals surface area contributed by atoms with E-state index in [1.54, 1.807) is 18.2 Å². The normalized spacial score (nSPS) is 10.5. The Kier molecular flexibility index (Phi) is 5.67. The van der Waals surface area contributed by atoms with Gasteiger partial charge in [-0.15, -0.1) is 0 Å². The number of hydrogen-bond donors (Lipinski definition) is 1. The van der Waals surface area contributed by atoms with Gasteiger partial charge in [-0.25, -0.2) is 4.98 Å². The highest BCUT2D eigenvalue weighted by molar-refractivity contribution is 9.10. The molecule has 1 aromatic heterocycles. The minimum atomic E-state index is 0.429. The van der Waals surface area contributed by atoms with Crippen molar-refractivity contribution in [3.05, 3.63) is 38.5 Å². The molecule has 0 aliphatic carbocycles. The largest absolute Gasteiger partial charge is 0.437 e. The van der Waals surface area contributed by atoms with Gasteiger partial charge in [0, 0.05) is 29.6 Å². The zero-order valence-electron chi connectivity index (χ0n) is 11.6. The first-order valence-corrected chi connectivity index (χ1v) is 8.02. The van der Waals surface area contributed by atoms with Crippen LogP contribution in [0.25, 0.3) is 0 Å². The molecular weight excluding hydrogens is 377 g/mol. The lowest BCUT2D eigenvalue weighted by molar-refractivity contribution is 0.459. The van der Waals surface area contributed by atoms with E-state index in [1.807, 2.05) is 13.8 Å². The van der Waals surface area contributed by atoms with E-state index in [4.69, 9.17) is 27.9 Å². The second-order valence-electron chi connectivity index (χ2n) is 4.19. The lowest BCUT2D eigenvalue weighted by atomic mass is 10.3. The number of rotatable bonds is 5. The summed E-state index contributed by atoms with van der Waals surface area (Å²) in [6.45, 7) is 4.75. The third kappa shape index (κ3) is 4.22. The van der Waals surface area contributed by atoms with Crippen molar-refractivity contribution in [2.24, 2.45) is 0 Å². The van der Waals surface area contributed by atoms with Crippen molar-refractivity contribution >= 4 is 44.9 Å². The van der Waals surface area contributed by atoms with Crippen LogP contribution in [0.3, 0.4) is 0 Å². The Labute approximate surface area is 142 Å². The van der Waals surface area contributed by atoms with Crippen molar-refractivity contribution in [1.82, 2.24) is 9.97 Å². The van der Waals surface area contributed by atoms with Gasteiger partial charge in [0.2, 0.25) is 5.88 Å². The minimum Gasteiger partial charge on any atom is -0.437 e. The predicted molar refractivity (Wildman–Crippen MR) is 89.8 cm³/mol. The number of aromatic nitrogens is 2. The van der Waals surface area contributed by atoms with E-state index in [-0.39, 0.29) is 0 Å². The second-order valence-corrected chi connectivity index (χ2v) is 5.86. The van der Waals surface area contributed by atoms with E-state index >= 15 is 0 Å². The smallest absolute Gasteiger partial charge is 0.224 e. The highest BCUT2D eigenvalue weighted by Crippen LogP contribution is 2.36. The van der Waals surface area contributed by atoms with Crippen LogP contribution in [0.4, 0.5) is 5.82 Å². The summed E-state index contributed by atoms with van der Waals surface area (Å²) in [5, 5.41) is 4.12. The number of nitrogens with zero attached hydrogens (tertiary/aromatic N) is 2. The molecule has 0 saturated heterocycles. The van der Waals surface area contributed by atoms with Crippen LogP contribution in [-0.2, 0) is 6.42 Å². The maximum Gasteiger partial charge on any atom is 0.224 e. The van der Waals surface area contributed by atoms with Gasteiger partial charge in [0.1, 0.15) is 17.4 Å². The molecule has 4 nitrogen and oxygen atoms in total. The van der Waals surface area contributed by atoms with Crippen molar-refractivity contribution in [3.63, 3.8) is 0 Å². The summed E-state index contributed by atoms with van der Waals surface area (Å²) >= 11 is 15.5. The molecule has 2 aromatic rings. The summed E-state index contributed by atoms with van der Waals surface area (Å²) in [6, 6.07) is 5.07. The van der Waals surface area contributed by atoms with Gasteiger partial charge < -0.3 is 10.1 Å². The monoisotopic (exact) mass is 389 g/mol. The van der Waals surface area contributed by atoms with E-state index in [9.17, 15) is 0 Å². The lowest BCUT2D eigenvalue weighted by Gasteiger charge is -2.11. The lowest BCUT2D eigenvalue weighted by Crippen LogP contribution is -2.04. The van der Waals surface area contributed by atoms with Crippen LogP contribution in [0.15, 0.2) is 22.7 Å². The quantitative estimate of drug-likeness (QED) is 0.700. The Balaban J connectivity index is 2.34. The zero-order chi connectivity index (χ0) is 15.4. The van der Waals surface area contributed by atoms with Crippen LogP contribution in [-0.4, -0.2) is 16.5 Å². The maximum atomic E-state index is 6.15. The number of nitrogens with one attached hydrogen (secondary N) is 1. The third-order valence-electron chi connectivity index (χ3n) is 2.61. The Morgan fingerprint density at radius 3 is 2.57 bits per heavy atom. The van der Waals surface area contributed by atoms with Gasteiger partial charge in [-0.2, -0.15) is 4.98 Å². The fourth-order valence-corrected chi connectivity index (χ4v) is 2.48. The van der Waals surface area contributed by atoms with Gasteiger partial charge >= 0.3 is 0 Å². The van der Waals surface area contributed by atoms with Gasteiger partial charge in [0.25, 0.3) is 0 Å². The van der Waals surface area contributed by atoms with E-state index < -0.39 is 0 Å². The molecule has 1 heterocycles. The number of aryl methyl sites for hydroxylation is 1. The van der Waals surface area contributed by atoms with E-state index in [1.165, 1.54) is 0 Å². The molecule has 0 saturated carbocycles. The average Bonchev–Trinajstić information content (AvgIpc) is 2.45. The average molecular weight is 391 g/mol. The van der Waals surface area contributed by atoms with Gasteiger partial charge in [-0.3, -0.25) is 0 Å². The Morgan fingerprint density at radius 2 is 1.90 bits per heavy atom. The minimum absolute atomic E-state index is 0.429. The molecule has 1 aromatic carbocycles. The Bertz CT molecular complexity index is 652. The molecule has 112 valence electrons. The van der Waals surface area contributed by atoms with Crippen LogP contribution in [0.2, 0.25) is 10.0 Å². The molecule has 0 aliphatic rings. The van der Waals surface area contributed by atoms with Gasteiger partial charge in [0.05, 0.1) is 10.0 Å². The number of benzene rings is 1. The molecule has 0 amide bonds. The van der Waals surface area contributed by atoms with Crippen molar-refractivity contribution < 1.29 is 4.74 Å². The van der Waals surface area contributed by atoms with Gasteiger partial charge in [-0.1, -0.05) is 30.1 Å². The molecule has 0 radical (unpaired) electrons. The van der Waals surface area contributed by atoms with Gasteiger partial charge in [0.15, 0.2) is 0 Å². The molecule has 21 heavy (non-hydrogen) atoms. The molecule has 1 N–H and O–H groups in total. The Hall–Kier alpha value is -1.04. The van der Waals surface area contributed by atoms with Crippen LogP contribution < -0.4 is 10.1 Å². The SMILES string of the molecule is CCNc1cc(Oc2cc(Cl)c(Br)cc2Cl)nc(CC)n1. The van der Waals surface area contributed by atoms with Crippen LogP contribution in [0.5, 0.6) is 11.6 Å². The molecule has 0 fully saturated rings. The molecule has 0 aliphatic heterocycles. The van der Waals surface area contributed by atoms with Crippen molar-refractivity contribution in [2.75, 3.05) is 11.9 Å². The van der Waals surface area contributed by atoms with Gasteiger partial charge in [-0.05, 0) is 28.9 Å². The predicted octanol–water partition coefficient (Wildman–Crippen LogP) is 5.33.